The van der Waals surface area contributed by atoms with Crippen molar-refractivity contribution in [3.63, 3.8) is 0 Å². The third-order valence-corrected chi connectivity index (χ3v) is 4.91. The van der Waals surface area contributed by atoms with E-state index in [1.165, 1.54) is 10.8 Å². The summed E-state index contributed by atoms with van der Waals surface area (Å²) in [6.45, 7) is 6.81. The van der Waals surface area contributed by atoms with Gasteiger partial charge in [-0.25, -0.2) is 0 Å². The summed E-state index contributed by atoms with van der Waals surface area (Å²) in [5.41, 5.74) is 0.290. The average Bonchev–Trinajstić information content (AvgIpc) is 2.73. The molecular formula is C13H16BrClN4O2. The van der Waals surface area contributed by atoms with E-state index in [2.05, 4.69) is 27.6 Å². The molecule has 1 aliphatic heterocycles. The van der Waals surface area contributed by atoms with Crippen molar-refractivity contribution in [2.24, 2.45) is 7.05 Å². The van der Waals surface area contributed by atoms with E-state index >= 15 is 0 Å². The van der Waals surface area contributed by atoms with Gasteiger partial charge in [-0.2, -0.15) is 5.10 Å². The fraction of sp³-hybridized carbons (Fsp3) is 0.462. The molecular weight excluding hydrogens is 360 g/mol. The van der Waals surface area contributed by atoms with Crippen molar-refractivity contribution in [3.8, 4) is 0 Å². The minimum atomic E-state index is -0.192. The first-order valence-corrected chi connectivity index (χ1v) is 7.64. The number of aryl methyl sites for hydroxylation is 1. The van der Waals surface area contributed by atoms with E-state index in [0.29, 0.717) is 29.3 Å². The largest absolute Gasteiger partial charge is 0.335 e. The maximum Gasteiger partial charge on any atom is 0.275 e. The van der Waals surface area contributed by atoms with E-state index in [1.54, 1.807) is 16.8 Å². The Bertz CT molecular complexity index is 601. The molecule has 1 atom stereocenters. The fourth-order valence-electron chi connectivity index (χ4n) is 2.34. The van der Waals surface area contributed by atoms with Crippen molar-refractivity contribution >= 4 is 39.3 Å². The molecule has 2 amide bonds. The molecule has 0 saturated carbocycles. The maximum absolute atomic E-state index is 12.6. The van der Waals surface area contributed by atoms with Gasteiger partial charge in [-0.3, -0.25) is 14.3 Å². The number of amides is 2. The van der Waals surface area contributed by atoms with Crippen molar-refractivity contribution in [2.45, 2.75) is 13.0 Å². The molecule has 1 aliphatic rings. The van der Waals surface area contributed by atoms with Crippen LogP contribution >= 0.6 is 27.5 Å². The number of hydrogen-bond donors (Lipinski definition) is 0. The molecule has 1 fully saturated rings. The molecule has 1 saturated heterocycles. The quantitative estimate of drug-likeness (QED) is 0.739. The zero-order valence-corrected chi connectivity index (χ0v) is 14.2. The van der Waals surface area contributed by atoms with Gasteiger partial charge in [0, 0.05) is 32.7 Å². The summed E-state index contributed by atoms with van der Waals surface area (Å²) in [4.78, 5) is 27.6. The molecule has 2 heterocycles. The van der Waals surface area contributed by atoms with Gasteiger partial charge in [0.2, 0.25) is 5.91 Å². The summed E-state index contributed by atoms with van der Waals surface area (Å²) < 4.78 is 1.94. The van der Waals surface area contributed by atoms with E-state index in [9.17, 15) is 9.59 Å². The first kappa shape index (κ1) is 16.0. The normalized spacial score (nSPS) is 18.8. The second-order valence-corrected chi connectivity index (χ2v) is 6.06. The van der Waals surface area contributed by atoms with Gasteiger partial charge in [-0.1, -0.05) is 18.2 Å². The van der Waals surface area contributed by atoms with Gasteiger partial charge in [0.25, 0.3) is 5.91 Å². The molecule has 0 bridgehead atoms. The Labute approximate surface area is 136 Å². The maximum atomic E-state index is 12.6. The number of carbonyl (C=O) groups excluding carboxylic acids is 2. The predicted octanol–water partition coefficient (Wildman–Crippen LogP) is 1.69. The summed E-state index contributed by atoms with van der Waals surface area (Å²) in [5, 5.41) is 4.52. The molecule has 0 aromatic carbocycles. The second kappa shape index (κ2) is 6.19. The minimum Gasteiger partial charge on any atom is -0.335 e. The molecule has 6 nitrogen and oxygen atoms in total. The Kier molecular flexibility index (Phi) is 4.73. The number of hydrogen-bond acceptors (Lipinski definition) is 3. The van der Waals surface area contributed by atoms with Crippen LogP contribution in [0.2, 0.25) is 5.15 Å². The lowest BCUT2D eigenvalue weighted by molar-refractivity contribution is -0.128. The predicted molar refractivity (Wildman–Crippen MR) is 83.2 cm³/mol. The van der Waals surface area contributed by atoms with E-state index in [-0.39, 0.29) is 23.6 Å². The van der Waals surface area contributed by atoms with Gasteiger partial charge in [-0.05, 0) is 28.9 Å². The van der Waals surface area contributed by atoms with Gasteiger partial charge in [0.05, 0.1) is 4.47 Å². The topological polar surface area (TPSA) is 58.4 Å². The number of nitrogens with zero attached hydrogens (tertiary/aromatic N) is 4. The molecule has 0 radical (unpaired) electrons. The summed E-state index contributed by atoms with van der Waals surface area (Å²) >= 11 is 9.31. The number of aromatic nitrogens is 2. The molecule has 0 aliphatic carbocycles. The number of piperazine rings is 1. The van der Waals surface area contributed by atoms with Crippen LogP contribution in [0.15, 0.2) is 17.1 Å². The Balaban J connectivity index is 2.16. The van der Waals surface area contributed by atoms with E-state index in [0.717, 1.165) is 0 Å². The molecule has 114 valence electrons. The smallest absolute Gasteiger partial charge is 0.275 e. The highest BCUT2D eigenvalue weighted by Gasteiger charge is 2.32. The van der Waals surface area contributed by atoms with Crippen molar-refractivity contribution in [1.29, 1.82) is 0 Å². The van der Waals surface area contributed by atoms with Crippen LogP contribution in [0.4, 0.5) is 0 Å². The molecule has 21 heavy (non-hydrogen) atoms. The summed E-state index contributed by atoms with van der Waals surface area (Å²) in [7, 11) is 1.67. The molecule has 1 aromatic rings. The highest BCUT2D eigenvalue weighted by Crippen LogP contribution is 2.27. The third kappa shape index (κ3) is 2.98. The molecule has 8 heteroatoms. The van der Waals surface area contributed by atoms with Crippen LogP contribution in [0.5, 0.6) is 0 Å². The molecule has 0 unspecified atom stereocenters. The van der Waals surface area contributed by atoms with E-state index in [4.69, 9.17) is 11.6 Å². The summed E-state index contributed by atoms with van der Waals surface area (Å²) in [6.07, 6.45) is 1.29. The second-order valence-electron chi connectivity index (χ2n) is 4.91. The Morgan fingerprint density at radius 3 is 2.62 bits per heavy atom. The molecule has 1 aromatic heterocycles. The van der Waals surface area contributed by atoms with Crippen LogP contribution < -0.4 is 0 Å². The van der Waals surface area contributed by atoms with Gasteiger partial charge >= 0.3 is 0 Å². The first-order valence-electron chi connectivity index (χ1n) is 6.47. The van der Waals surface area contributed by atoms with Gasteiger partial charge in [0.1, 0.15) is 5.15 Å². The number of halogens is 2. The highest BCUT2D eigenvalue weighted by molar-refractivity contribution is 9.10. The third-order valence-electron chi connectivity index (χ3n) is 3.50. The van der Waals surface area contributed by atoms with Gasteiger partial charge < -0.3 is 9.80 Å². The molecule has 0 spiro atoms. The summed E-state index contributed by atoms with van der Waals surface area (Å²) in [6, 6.07) is -0.0946. The molecule has 0 N–H and O–H groups in total. The van der Waals surface area contributed by atoms with Crippen LogP contribution in [0, 0.1) is 0 Å². The number of carbonyl (C=O) groups is 2. The van der Waals surface area contributed by atoms with Gasteiger partial charge in [-0.15, -0.1) is 0 Å². The lowest BCUT2D eigenvalue weighted by Gasteiger charge is -2.39. The van der Waals surface area contributed by atoms with Crippen LogP contribution in [0.25, 0.3) is 0 Å². The first-order chi connectivity index (χ1) is 9.86. The highest BCUT2D eigenvalue weighted by atomic mass is 79.9. The monoisotopic (exact) mass is 374 g/mol. The lowest BCUT2D eigenvalue weighted by Crippen LogP contribution is -2.55. The number of rotatable bonds is 2. The van der Waals surface area contributed by atoms with E-state index in [1.807, 2.05) is 6.92 Å². The lowest BCUT2D eigenvalue weighted by atomic mass is 10.1. The van der Waals surface area contributed by atoms with Crippen molar-refractivity contribution in [1.82, 2.24) is 19.6 Å². The van der Waals surface area contributed by atoms with Crippen molar-refractivity contribution < 1.29 is 9.59 Å². The average molecular weight is 376 g/mol. The zero-order valence-electron chi connectivity index (χ0n) is 11.8. The van der Waals surface area contributed by atoms with Crippen LogP contribution in [0.1, 0.15) is 17.4 Å². The minimum absolute atomic E-state index is 0.0946. The standard InChI is InChI=1S/C13H16BrClN4O2/c1-4-9(20)18-5-6-19(8(2)7-18)13(21)11-10(14)12(15)17(3)16-11/h4,8H,1,5-7H2,2-3H3/t8-/m0/s1. The fourth-order valence-corrected chi connectivity index (χ4v) is 2.97. The Morgan fingerprint density at radius 2 is 2.14 bits per heavy atom. The SMILES string of the molecule is C=CC(=O)N1CCN(C(=O)c2nn(C)c(Cl)c2Br)[C@@H](C)C1. The zero-order chi connectivity index (χ0) is 15.7. The summed E-state index contributed by atoms with van der Waals surface area (Å²) in [5.74, 6) is -0.307. The van der Waals surface area contributed by atoms with E-state index < -0.39 is 0 Å². The van der Waals surface area contributed by atoms with Crippen LogP contribution in [-0.2, 0) is 11.8 Å². The Morgan fingerprint density at radius 1 is 1.48 bits per heavy atom. The Hall–Kier alpha value is -1.34. The molecule has 2 rings (SSSR count). The van der Waals surface area contributed by atoms with Crippen molar-refractivity contribution in [3.05, 3.63) is 28.0 Å². The van der Waals surface area contributed by atoms with Gasteiger partial charge in [0.15, 0.2) is 5.69 Å². The van der Waals surface area contributed by atoms with Crippen LogP contribution in [-0.4, -0.2) is 57.1 Å². The van der Waals surface area contributed by atoms with Crippen molar-refractivity contribution in [2.75, 3.05) is 19.6 Å². The van der Waals surface area contributed by atoms with Crippen LogP contribution in [0.3, 0.4) is 0 Å².